The molecule has 5 rings (SSSR count). The molecule has 3 heterocycles. The van der Waals surface area contributed by atoms with Crippen molar-refractivity contribution < 1.29 is 63.0 Å². The number of amides is 10. The Balaban J connectivity index is 1.26. The highest BCUT2D eigenvalue weighted by Gasteiger charge is 2.45. The second-order valence-corrected chi connectivity index (χ2v) is 24.3. The number of likely N-dealkylation sites (tertiary alicyclic amines) is 3. The van der Waals surface area contributed by atoms with Crippen LogP contribution in [0.3, 0.4) is 0 Å². The largest absolute Gasteiger partial charge is 0.480 e. The number of nitrogens with two attached hydrogens (primary N) is 8. The summed E-state index contributed by atoms with van der Waals surface area (Å²) in [7, 11) is 0. The third-order valence-corrected chi connectivity index (χ3v) is 16.8. The van der Waals surface area contributed by atoms with Crippen molar-refractivity contribution >= 4 is 82.9 Å². The standard InChI is InChI=1S/C63H99N21O13/c1-37(85)50(59(95)83-32-14-25-47(83)56(92)80-45(35-39-18-6-3-7-19-39)53(89)79-43(60(96)97)23-12-30-74-63(70)71)81-54(90)44(34-38-16-4-2-5-17-38)76-49(86)36-75-55(91)46-24-13-31-82(46)58(94)48-26-15-33-84(48)57(93)42(22-11-29-73-62(68)69)78-52(88)41(21-10-28-72-61(66)67)77-51(87)40(65)20-8-9-27-64/h2-7,16-19,37,40-48,50,85H,8-15,20-36,64-65H2,1H3,(H,75,91)(H,76,86)(H,77,87)(H,78,88)(H,79,89)(H,80,92)(H,81,90)(H,96,97)(H4,66,67,72)(H4,68,69,73)(H4,70,71,74)/t37-,40+,41+,42+,43+,44+,45+,46+,47+,48+,50+/m1/s1. The molecular formula is C63H99N21O13. The van der Waals surface area contributed by atoms with Crippen molar-refractivity contribution in [3.05, 3.63) is 71.8 Å². The summed E-state index contributed by atoms with van der Waals surface area (Å²) in [5, 5.41) is 39.6. The van der Waals surface area contributed by atoms with Crippen LogP contribution in [0, 0.1) is 0 Å². The van der Waals surface area contributed by atoms with Crippen molar-refractivity contribution in [1.82, 2.24) is 51.9 Å². The van der Waals surface area contributed by atoms with E-state index in [1.807, 2.05) is 0 Å². The SMILES string of the molecule is C[C@@H](O)[C@H](NC(=O)[C@H](Cc1ccccc1)NC(=O)CNC(=O)[C@@H]1CCCN1C(=O)[C@@H]1CCCN1C(=O)[C@H](CCCN=C(N)N)NC(=O)[C@H](CCCN=C(N)N)NC(=O)[C@@H](N)CCCCN)C(=O)N1CCC[C@H]1C(=O)N[C@@H](Cc1ccccc1)C(=O)N[C@@H](CCCN=C(N)N)C(=O)O. The minimum Gasteiger partial charge on any atom is -0.480 e. The first-order chi connectivity index (χ1) is 46.3. The quantitative estimate of drug-likeness (QED) is 0.0169. The van der Waals surface area contributed by atoms with Gasteiger partial charge in [0.1, 0.15) is 54.4 Å². The summed E-state index contributed by atoms with van der Waals surface area (Å²) >= 11 is 0. The van der Waals surface area contributed by atoms with Crippen LogP contribution in [-0.4, -0.2) is 227 Å². The van der Waals surface area contributed by atoms with Gasteiger partial charge in [-0.05, 0) is 114 Å². The lowest BCUT2D eigenvalue weighted by Crippen LogP contribution is -2.61. The Morgan fingerprint density at radius 1 is 0.505 bits per heavy atom. The number of aliphatic imine (C=N–C) groups is 3. The molecule has 0 radical (unpaired) electrons. The Morgan fingerprint density at radius 2 is 0.948 bits per heavy atom. The van der Waals surface area contributed by atoms with E-state index in [2.05, 4.69) is 52.2 Å². The first kappa shape index (κ1) is 78.0. The topological polar surface area (TPSA) is 567 Å². The van der Waals surface area contributed by atoms with E-state index in [0.717, 1.165) is 0 Å². The molecule has 34 nitrogen and oxygen atoms in total. The highest BCUT2D eigenvalue weighted by molar-refractivity contribution is 5.99. The number of aliphatic carboxylic acids is 1. The smallest absolute Gasteiger partial charge is 0.326 e. The van der Waals surface area contributed by atoms with Gasteiger partial charge in [0.2, 0.25) is 59.1 Å². The van der Waals surface area contributed by atoms with E-state index >= 15 is 0 Å². The number of aliphatic hydroxyl groups excluding tert-OH is 1. The van der Waals surface area contributed by atoms with Crippen LogP contribution in [-0.2, 0) is 65.6 Å². The molecule has 34 heteroatoms. The molecule has 0 bridgehead atoms. The lowest BCUT2D eigenvalue weighted by Gasteiger charge is -2.33. The van der Waals surface area contributed by atoms with Gasteiger partial charge in [0.15, 0.2) is 17.9 Å². The second kappa shape index (κ2) is 40.0. The zero-order valence-electron chi connectivity index (χ0n) is 55.0. The summed E-state index contributed by atoms with van der Waals surface area (Å²) in [5.41, 5.74) is 45.9. The molecule has 534 valence electrons. The fourth-order valence-corrected chi connectivity index (χ4v) is 11.8. The van der Waals surface area contributed by atoms with E-state index in [9.17, 15) is 63.0 Å². The van der Waals surface area contributed by atoms with Gasteiger partial charge in [-0.3, -0.25) is 62.9 Å². The number of benzene rings is 2. The van der Waals surface area contributed by atoms with Gasteiger partial charge in [0.25, 0.3) is 0 Å². The number of rotatable bonds is 39. The summed E-state index contributed by atoms with van der Waals surface area (Å²) in [6, 6.07) is 4.70. The molecule has 25 N–H and O–H groups in total. The molecule has 3 aliphatic heterocycles. The van der Waals surface area contributed by atoms with E-state index in [-0.39, 0.29) is 128 Å². The number of nitrogens with zero attached hydrogens (tertiary/aromatic N) is 6. The first-order valence-electron chi connectivity index (χ1n) is 32.9. The molecule has 97 heavy (non-hydrogen) atoms. The lowest BCUT2D eigenvalue weighted by molar-refractivity contribution is -0.148. The van der Waals surface area contributed by atoms with E-state index < -0.39 is 138 Å². The molecule has 3 fully saturated rings. The summed E-state index contributed by atoms with van der Waals surface area (Å²) in [4.78, 5) is 170. The Morgan fingerprint density at radius 3 is 1.46 bits per heavy atom. The summed E-state index contributed by atoms with van der Waals surface area (Å²) in [5.74, 6) is -9.20. The monoisotopic (exact) mass is 1360 g/mol. The number of nitrogens with one attached hydrogen (secondary N) is 7. The number of carboxylic acids is 1. The van der Waals surface area contributed by atoms with Gasteiger partial charge in [-0.2, -0.15) is 0 Å². The van der Waals surface area contributed by atoms with Crippen LogP contribution in [0.1, 0.15) is 114 Å². The maximum Gasteiger partial charge on any atom is 0.326 e. The molecule has 3 saturated heterocycles. The zero-order valence-corrected chi connectivity index (χ0v) is 55.0. The van der Waals surface area contributed by atoms with Crippen LogP contribution >= 0.6 is 0 Å². The zero-order chi connectivity index (χ0) is 71.1. The molecule has 0 aromatic heterocycles. The number of hydrogen-bond donors (Lipinski definition) is 17. The molecule has 0 spiro atoms. The van der Waals surface area contributed by atoms with Crippen molar-refractivity contribution in [2.75, 3.05) is 52.4 Å². The van der Waals surface area contributed by atoms with Crippen LogP contribution in [0.4, 0.5) is 0 Å². The van der Waals surface area contributed by atoms with Gasteiger partial charge in [0.05, 0.1) is 18.7 Å². The molecule has 2 aromatic rings. The highest BCUT2D eigenvalue weighted by atomic mass is 16.4. The number of aliphatic hydroxyl groups is 1. The molecule has 10 amide bonds. The van der Waals surface area contributed by atoms with Crippen LogP contribution in [0.5, 0.6) is 0 Å². The molecule has 11 atom stereocenters. The molecule has 0 saturated carbocycles. The van der Waals surface area contributed by atoms with Crippen LogP contribution in [0.25, 0.3) is 0 Å². The normalized spacial score (nSPS) is 18.2. The van der Waals surface area contributed by atoms with Gasteiger partial charge in [0, 0.05) is 52.1 Å². The number of unbranched alkanes of at least 4 members (excludes halogenated alkanes) is 1. The second-order valence-electron chi connectivity index (χ2n) is 24.3. The fourth-order valence-electron chi connectivity index (χ4n) is 11.8. The van der Waals surface area contributed by atoms with Crippen molar-refractivity contribution in [3.63, 3.8) is 0 Å². The summed E-state index contributed by atoms with van der Waals surface area (Å²) in [6.45, 7) is 1.58. The van der Waals surface area contributed by atoms with Crippen LogP contribution < -0.4 is 83.1 Å². The van der Waals surface area contributed by atoms with Gasteiger partial charge in [-0.25, -0.2) is 4.79 Å². The Hall–Kier alpha value is -9.70. The van der Waals surface area contributed by atoms with Crippen LogP contribution in [0.15, 0.2) is 75.6 Å². The lowest BCUT2D eigenvalue weighted by atomic mass is 10.0. The van der Waals surface area contributed by atoms with Crippen LogP contribution in [0.2, 0.25) is 0 Å². The maximum atomic E-state index is 14.7. The Bertz CT molecular complexity index is 3070. The van der Waals surface area contributed by atoms with Crippen molar-refractivity contribution in [2.24, 2.45) is 60.8 Å². The highest BCUT2D eigenvalue weighted by Crippen LogP contribution is 2.27. The molecular weight excluding hydrogens is 1260 g/mol. The maximum absolute atomic E-state index is 14.7. The Kier molecular flexibility index (Phi) is 32.2. The van der Waals surface area contributed by atoms with Gasteiger partial charge < -0.3 is 108 Å². The predicted molar refractivity (Wildman–Crippen MR) is 359 cm³/mol. The molecule has 2 aromatic carbocycles. The first-order valence-corrected chi connectivity index (χ1v) is 32.9. The average molecular weight is 1360 g/mol. The average Bonchev–Trinajstić information content (AvgIpc) is 1.70. The van der Waals surface area contributed by atoms with E-state index in [1.54, 1.807) is 60.7 Å². The third-order valence-electron chi connectivity index (χ3n) is 16.8. The minimum atomic E-state index is -1.67. The number of carbonyl (C=O) groups is 11. The number of guanidine groups is 3. The van der Waals surface area contributed by atoms with Gasteiger partial charge >= 0.3 is 5.97 Å². The van der Waals surface area contributed by atoms with E-state index in [1.165, 1.54) is 21.6 Å². The molecule has 0 aliphatic carbocycles. The summed E-state index contributed by atoms with van der Waals surface area (Å²) < 4.78 is 0. The van der Waals surface area contributed by atoms with Crippen molar-refractivity contribution in [1.29, 1.82) is 0 Å². The summed E-state index contributed by atoms with van der Waals surface area (Å²) in [6.07, 6.45) is 2.12. The van der Waals surface area contributed by atoms with Gasteiger partial charge in [-0.1, -0.05) is 67.1 Å². The molecule has 0 unspecified atom stereocenters. The molecule has 3 aliphatic rings. The van der Waals surface area contributed by atoms with E-state index in [0.29, 0.717) is 56.2 Å². The predicted octanol–water partition coefficient (Wildman–Crippen LogP) is -5.45. The van der Waals surface area contributed by atoms with E-state index in [4.69, 9.17) is 45.9 Å². The Labute approximate surface area is 563 Å². The third kappa shape index (κ3) is 25.4. The van der Waals surface area contributed by atoms with Crippen molar-refractivity contribution in [2.45, 2.75) is 183 Å². The number of hydrogen-bond acceptors (Lipinski definition) is 17. The fraction of sp³-hybridized carbons (Fsp3) is 0.587. The van der Waals surface area contributed by atoms with Gasteiger partial charge in [-0.15, -0.1) is 0 Å². The number of carbonyl (C=O) groups excluding carboxylic acids is 10. The minimum absolute atomic E-state index is 0.0123. The number of carboxylic acid groups (broad SMARTS) is 1. The van der Waals surface area contributed by atoms with Crippen molar-refractivity contribution in [3.8, 4) is 0 Å².